The number of hydrogen-bond donors (Lipinski definition) is 1. The van der Waals surface area contributed by atoms with Crippen LogP contribution in [0.25, 0.3) is 0 Å². The quantitative estimate of drug-likeness (QED) is 0.227. The number of sulfonamides is 1. The number of nitrogens with zero attached hydrogens (tertiary/aromatic N) is 2. The molecule has 7 nitrogen and oxygen atoms in total. The second-order valence-corrected chi connectivity index (χ2v) is 12.9. The number of carbonyl (C=O) groups excluding carboxylic acids is 2. The summed E-state index contributed by atoms with van der Waals surface area (Å²) >= 11 is 0. The number of amides is 2. The molecule has 3 aromatic rings. The van der Waals surface area contributed by atoms with Crippen LogP contribution < -0.4 is 9.62 Å². The van der Waals surface area contributed by atoms with Crippen LogP contribution in [0.4, 0.5) is 23.2 Å². The molecule has 2 amide bonds. The molecular formula is C32H37F4N3O4S. The maximum atomic E-state index is 13.8. The summed E-state index contributed by atoms with van der Waals surface area (Å²) in [5, 5.41) is 2.89. The van der Waals surface area contributed by atoms with Crippen molar-refractivity contribution in [3.63, 3.8) is 0 Å². The Balaban J connectivity index is 1.89. The zero-order chi connectivity index (χ0) is 32.5. The van der Waals surface area contributed by atoms with Crippen molar-refractivity contribution in [3.05, 3.63) is 101 Å². The largest absolute Gasteiger partial charge is 0.416 e. The summed E-state index contributed by atoms with van der Waals surface area (Å²) in [7, 11) is -4.00. The van der Waals surface area contributed by atoms with Crippen LogP contribution in [0.5, 0.6) is 0 Å². The Morgan fingerprint density at radius 3 is 2.16 bits per heavy atom. The van der Waals surface area contributed by atoms with E-state index in [1.54, 1.807) is 0 Å². The van der Waals surface area contributed by atoms with Gasteiger partial charge in [-0.05, 0) is 53.8 Å². The molecule has 0 spiro atoms. The number of anilines is 1. The first-order valence-electron chi connectivity index (χ1n) is 14.2. The Kier molecular flexibility index (Phi) is 11.9. The third kappa shape index (κ3) is 10.4. The van der Waals surface area contributed by atoms with Crippen LogP contribution in [0.15, 0.2) is 78.9 Å². The minimum atomic E-state index is -4.67. The molecule has 0 heterocycles. The average molecular weight is 636 g/mol. The van der Waals surface area contributed by atoms with Crippen molar-refractivity contribution in [2.24, 2.45) is 5.92 Å². The molecule has 44 heavy (non-hydrogen) atoms. The number of nitrogens with one attached hydrogen (secondary N) is 1. The van der Waals surface area contributed by atoms with Gasteiger partial charge in [-0.1, -0.05) is 62.4 Å². The zero-order valence-electron chi connectivity index (χ0n) is 24.9. The first kappa shape index (κ1) is 34.6. The molecule has 0 aliphatic carbocycles. The van der Waals surface area contributed by atoms with E-state index < -0.39 is 39.5 Å². The van der Waals surface area contributed by atoms with Crippen LogP contribution >= 0.6 is 0 Å². The maximum absolute atomic E-state index is 13.8. The van der Waals surface area contributed by atoms with E-state index in [0.29, 0.717) is 12.1 Å². The molecule has 0 aromatic heterocycles. The van der Waals surface area contributed by atoms with Gasteiger partial charge < -0.3 is 10.2 Å². The lowest BCUT2D eigenvalue weighted by Gasteiger charge is -2.32. The molecule has 0 fully saturated rings. The highest BCUT2D eigenvalue weighted by molar-refractivity contribution is 7.92. The number of carbonyl (C=O) groups is 2. The van der Waals surface area contributed by atoms with Crippen LogP contribution in [0.1, 0.15) is 43.4 Å². The Morgan fingerprint density at radius 1 is 0.909 bits per heavy atom. The van der Waals surface area contributed by atoms with E-state index in [4.69, 9.17) is 0 Å². The second-order valence-electron chi connectivity index (χ2n) is 11.0. The summed E-state index contributed by atoms with van der Waals surface area (Å²) in [6.45, 7) is 3.97. The number of hydrogen-bond acceptors (Lipinski definition) is 4. The lowest BCUT2D eigenvalue weighted by atomic mass is 10.0. The Labute approximate surface area is 255 Å². The average Bonchev–Trinajstić information content (AvgIpc) is 2.96. The summed E-state index contributed by atoms with van der Waals surface area (Å²) in [5.74, 6) is -1.15. The van der Waals surface area contributed by atoms with Crippen molar-refractivity contribution in [3.8, 4) is 0 Å². The highest BCUT2D eigenvalue weighted by atomic mass is 32.2. The third-order valence-electron chi connectivity index (χ3n) is 6.84. The summed E-state index contributed by atoms with van der Waals surface area (Å²) in [4.78, 5) is 28.7. The number of halogens is 4. The predicted octanol–water partition coefficient (Wildman–Crippen LogP) is 5.80. The van der Waals surface area contributed by atoms with Crippen molar-refractivity contribution < 1.29 is 35.6 Å². The van der Waals surface area contributed by atoms with Gasteiger partial charge in [0.25, 0.3) is 0 Å². The first-order chi connectivity index (χ1) is 20.6. The van der Waals surface area contributed by atoms with Gasteiger partial charge in [-0.15, -0.1) is 0 Å². The number of benzene rings is 3. The lowest BCUT2D eigenvalue weighted by Crippen LogP contribution is -2.51. The molecule has 1 atom stereocenters. The van der Waals surface area contributed by atoms with E-state index in [2.05, 4.69) is 5.32 Å². The highest BCUT2D eigenvalue weighted by Crippen LogP contribution is 2.32. The van der Waals surface area contributed by atoms with Crippen molar-refractivity contribution in [1.82, 2.24) is 10.2 Å². The van der Waals surface area contributed by atoms with Crippen LogP contribution in [-0.2, 0) is 38.8 Å². The molecule has 3 rings (SSSR count). The summed E-state index contributed by atoms with van der Waals surface area (Å²) < 4.78 is 79.5. The van der Waals surface area contributed by atoms with E-state index in [1.807, 2.05) is 44.2 Å². The van der Waals surface area contributed by atoms with Gasteiger partial charge in [0.2, 0.25) is 21.8 Å². The van der Waals surface area contributed by atoms with Gasteiger partial charge in [0.15, 0.2) is 0 Å². The molecule has 238 valence electrons. The number of alkyl halides is 3. The fraction of sp³-hybridized carbons (Fsp3) is 0.375. The molecule has 3 aromatic carbocycles. The van der Waals surface area contributed by atoms with Crippen LogP contribution in [0.2, 0.25) is 0 Å². The SMILES string of the molecule is CC(C)CNC(=O)[C@H](Cc1ccccc1)N(Cc1ccc(F)cc1)C(=O)CCCN(c1cccc(C(F)(F)F)c1)S(C)(=O)=O. The van der Waals surface area contributed by atoms with Crippen LogP contribution in [0.3, 0.4) is 0 Å². The lowest BCUT2D eigenvalue weighted by molar-refractivity contribution is -0.141. The fourth-order valence-corrected chi connectivity index (χ4v) is 5.56. The predicted molar refractivity (Wildman–Crippen MR) is 162 cm³/mol. The van der Waals surface area contributed by atoms with E-state index in [9.17, 15) is 35.6 Å². The molecule has 0 saturated heterocycles. The molecule has 12 heteroatoms. The standard InChI is InChI=1S/C32H37F4N3O4S/c1-23(2)21-37-31(41)29(19-24-9-5-4-6-10-24)38(22-25-14-16-27(33)17-15-25)30(40)13-8-18-39(44(3,42)43)28-12-7-11-26(20-28)32(34,35)36/h4-7,9-12,14-17,20,23,29H,8,13,18-19,21-22H2,1-3H3,(H,37,41)/t29-/m0/s1. The van der Waals surface area contributed by atoms with Gasteiger partial charge in [0.05, 0.1) is 17.5 Å². The molecule has 0 saturated carbocycles. The molecule has 1 N–H and O–H groups in total. The van der Waals surface area contributed by atoms with Crippen molar-refractivity contribution >= 4 is 27.5 Å². The van der Waals surface area contributed by atoms with Gasteiger partial charge in [-0.25, -0.2) is 12.8 Å². The van der Waals surface area contributed by atoms with E-state index in [1.165, 1.54) is 35.2 Å². The fourth-order valence-electron chi connectivity index (χ4n) is 4.60. The van der Waals surface area contributed by atoms with Gasteiger partial charge in [0, 0.05) is 32.5 Å². The molecule has 0 bridgehead atoms. The topological polar surface area (TPSA) is 86.8 Å². The van der Waals surface area contributed by atoms with Crippen molar-refractivity contribution in [1.29, 1.82) is 0 Å². The molecular weight excluding hydrogens is 598 g/mol. The highest BCUT2D eigenvalue weighted by Gasteiger charge is 2.33. The third-order valence-corrected chi connectivity index (χ3v) is 8.03. The molecule has 0 unspecified atom stereocenters. The smallest absolute Gasteiger partial charge is 0.354 e. The zero-order valence-corrected chi connectivity index (χ0v) is 25.7. The summed E-state index contributed by atoms with van der Waals surface area (Å²) in [6.07, 6.45) is -3.83. The molecule has 0 radical (unpaired) electrons. The van der Waals surface area contributed by atoms with E-state index >= 15 is 0 Å². The minimum Gasteiger partial charge on any atom is -0.354 e. The van der Waals surface area contributed by atoms with Gasteiger partial charge in [-0.2, -0.15) is 13.2 Å². The Bertz CT molecular complexity index is 1500. The Morgan fingerprint density at radius 2 is 1.57 bits per heavy atom. The monoisotopic (exact) mass is 635 g/mol. The summed E-state index contributed by atoms with van der Waals surface area (Å²) in [5.41, 5.74) is 0.215. The van der Waals surface area contributed by atoms with Crippen molar-refractivity contribution in [2.75, 3.05) is 23.7 Å². The van der Waals surface area contributed by atoms with Crippen molar-refractivity contribution in [2.45, 2.75) is 51.9 Å². The summed E-state index contributed by atoms with van der Waals surface area (Å²) in [6, 6.07) is 17.7. The molecule has 0 aliphatic heterocycles. The van der Waals surface area contributed by atoms with Gasteiger partial charge >= 0.3 is 6.18 Å². The second kappa shape index (κ2) is 15.2. The van der Waals surface area contributed by atoms with Gasteiger partial charge in [0.1, 0.15) is 11.9 Å². The number of rotatable bonds is 14. The minimum absolute atomic E-state index is 0.0187. The van der Waals surface area contributed by atoms with E-state index in [-0.39, 0.29) is 49.9 Å². The maximum Gasteiger partial charge on any atom is 0.416 e. The molecule has 0 aliphatic rings. The first-order valence-corrected chi connectivity index (χ1v) is 16.0. The van der Waals surface area contributed by atoms with Gasteiger partial charge in [-0.3, -0.25) is 13.9 Å². The normalized spacial score (nSPS) is 12.5. The van der Waals surface area contributed by atoms with Crippen LogP contribution in [0, 0.1) is 11.7 Å². The van der Waals surface area contributed by atoms with Crippen LogP contribution in [-0.4, -0.2) is 50.5 Å². The Hall–Kier alpha value is -3.93. The van der Waals surface area contributed by atoms with E-state index in [0.717, 1.165) is 34.3 Å².